The molecule has 0 radical (unpaired) electrons. The van der Waals surface area contributed by atoms with E-state index >= 15 is 0 Å². The Balaban J connectivity index is 0.000000250. The fraction of sp³-hybridized carbons (Fsp3) is 0.294. The molecule has 0 aliphatic carbocycles. The number of carbonyl (C=O) groups is 15. The molecule has 9 rings (SSSR count). The molecular weight excluding hydrogens is 1640 g/mol. The van der Waals surface area contributed by atoms with Crippen LogP contribution in [-0.2, 0) is 95.9 Å². The summed E-state index contributed by atoms with van der Waals surface area (Å²) in [5, 5.41) is 66.4. The fourth-order valence-corrected chi connectivity index (χ4v) is 12.8. The lowest BCUT2D eigenvalue weighted by molar-refractivity contribution is -0.143. The molecule has 0 aliphatic heterocycles. The zero-order valence-corrected chi connectivity index (χ0v) is 67.0. The summed E-state index contributed by atoms with van der Waals surface area (Å²) in [4.78, 5) is 176. The number of amides is 6. The number of aryl methyl sites for hydroxylation is 3. The molecule has 9 aromatic rings. The number of nitrogens with zero attached hydrogens (tertiary/aromatic N) is 3. The zero-order chi connectivity index (χ0) is 88.2. The van der Waals surface area contributed by atoms with Crippen LogP contribution in [0.5, 0.6) is 0 Å². The highest BCUT2D eigenvalue weighted by atomic mass is 35.5. The van der Waals surface area contributed by atoms with Gasteiger partial charge in [-0.3, -0.25) is 71.9 Å². The number of halogens is 3. The van der Waals surface area contributed by atoms with Gasteiger partial charge < -0.3 is 77.0 Å². The van der Waals surface area contributed by atoms with Crippen molar-refractivity contribution >= 4 is 124 Å². The molecule has 0 fully saturated rings. The minimum absolute atomic E-state index is 0.00474. The molecule has 33 nitrogen and oxygen atoms in total. The van der Waals surface area contributed by atoms with E-state index in [4.69, 9.17) is 86.0 Å². The third-order valence-electron chi connectivity index (χ3n) is 18.6. The van der Waals surface area contributed by atoms with Crippen LogP contribution in [0.2, 0.25) is 15.1 Å². The summed E-state index contributed by atoms with van der Waals surface area (Å²) in [6.45, 7) is 0.325. The molecule has 3 aromatic heterocycles. The van der Waals surface area contributed by atoms with Gasteiger partial charge in [-0.2, -0.15) is 0 Å². The summed E-state index contributed by atoms with van der Waals surface area (Å²) in [6.07, 6.45) is -3.87. The molecule has 636 valence electrons. The van der Waals surface area contributed by atoms with Crippen molar-refractivity contribution in [3.63, 3.8) is 0 Å². The summed E-state index contributed by atoms with van der Waals surface area (Å²) >= 11 is 18.2. The third-order valence-corrected chi connectivity index (χ3v) is 19.3. The van der Waals surface area contributed by atoms with Gasteiger partial charge >= 0.3 is 29.8 Å². The topological polar surface area (TPSA) is 559 Å². The smallest absolute Gasteiger partial charge is 0.305 e. The number of carboxylic acid groups (broad SMARTS) is 5. The van der Waals surface area contributed by atoms with Gasteiger partial charge in [-0.05, 0) is 95.5 Å². The Morgan fingerprint density at radius 3 is 0.942 bits per heavy atom. The number of aliphatic carboxylic acids is 5. The van der Waals surface area contributed by atoms with Crippen molar-refractivity contribution in [2.45, 2.75) is 134 Å². The van der Waals surface area contributed by atoms with E-state index in [1.54, 1.807) is 30.3 Å². The first kappa shape index (κ1) is 94.6. The quantitative estimate of drug-likeness (QED) is 0.0125. The molecule has 6 aromatic carbocycles. The van der Waals surface area contributed by atoms with Gasteiger partial charge in [-0.15, -0.1) is 0 Å². The second kappa shape index (κ2) is 47.8. The molecule has 6 atom stereocenters. The number of Topliss-reactive ketones (excluding diaryl/α,β-unsaturated/α-hetero) is 3. The zero-order valence-electron chi connectivity index (χ0n) is 64.8. The molecule has 36 heteroatoms. The number of aromatic nitrogens is 3. The van der Waals surface area contributed by atoms with Crippen LogP contribution >= 0.6 is 34.8 Å². The maximum absolute atomic E-state index is 13.0. The molecule has 3 heterocycles. The van der Waals surface area contributed by atoms with E-state index < -0.39 is 151 Å². The number of ether oxygens (including phenoxy) is 1. The van der Waals surface area contributed by atoms with Crippen LogP contribution in [0.3, 0.4) is 0 Å². The van der Waals surface area contributed by atoms with Crippen molar-refractivity contribution in [2.24, 2.45) is 35.0 Å². The molecule has 0 unspecified atom stereocenters. The van der Waals surface area contributed by atoms with Gasteiger partial charge in [0.2, 0.25) is 35.4 Å². The Labute approximate surface area is 705 Å². The van der Waals surface area contributed by atoms with Crippen LogP contribution in [0.1, 0.15) is 114 Å². The molecule has 14 N–H and O–H groups in total. The molecule has 0 saturated heterocycles. The highest BCUT2D eigenvalue weighted by Gasteiger charge is 2.32. The van der Waals surface area contributed by atoms with Crippen LogP contribution in [-0.4, -0.2) is 155 Å². The Morgan fingerprint density at radius 2 is 0.653 bits per heavy atom. The summed E-state index contributed by atoms with van der Waals surface area (Å²) in [7, 11) is 0. The normalized spacial score (nSPS) is 12.3. The first-order valence-electron chi connectivity index (χ1n) is 37.6. The number of nitrogens with two attached hydrogens (primary N) is 3. The predicted octanol–water partition coefficient (Wildman–Crippen LogP) is 10.5. The number of primary amides is 3. The van der Waals surface area contributed by atoms with Gasteiger partial charge in [0.05, 0.1) is 49.9 Å². The molecule has 0 aliphatic rings. The standard InChI is InChI=1S/C30H32ClN3O8.C28H28ClN3O8.C27H26ClN3O8/c31-23-4-1-3-21(15-23)19-6-8-20(9-7-19)26-17-24(42-34-26)11-12-28(37)33-25(5-2-14-41-18-35)27(36)16-22(30(32)40)10-13-29(38)39;29-20-3-1-2-18(12-20)16-4-6-17(7-5-16)22-14-21(40-32-22)9-10-25(34)31-23(15-27(37)38)24(33)13-19(28(30)39)8-11-26(35)36;28-19-3-1-2-17(10-19)15-4-6-16(7-5-15)21-13-20(39-31-21)8-9-24(33)30-22(14-26(36)37)23(32)11-18(27(29)38)12-25(34)35/h1,3-4,6-9,15,17-18,22,25H,2,5,10-14,16H2,(H2,32,40)(H,33,37)(H,38,39);1-7,12,14,19,23H,8-11,13,15H2,(H2,30,39)(H,31,34)(H,35,36)(H,37,38);1-7,10,13,18,22H,8-9,11-12,14H2,(H2,29,38)(H,30,33)(H,34,35)(H,36,37)/t22-,25+;19-,23+;18-,22-/m110/s1. The summed E-state index contributed by atoms with van der Waals surface area (Å²) < 4.78 is 20.7. The highest BCUT2D eigenvalue weighted by molar-refractivity contribution is 6.31. The number of rotatable bonds is 47. The van der Waals surface area contributed by atoms with Crippen molar-refractivity contribution < 1.29 is 116 Å². The summed E-state index contributed by atoms with van der Waals surface area (Å²) in [6, 6.07) is 46.6. The Bertz CT molecular complexity index is 5150. The largest absolute Gasteiger partial charge is 0.481 e. The van der Waals surface area contributed by atoms with Crippen LogP contribution in [0.15, 0.2) is 177 Å². The van der Waals surface area contributed by atoms with Gasteiger partial charge in [-0.1, -0.05) is 159 Å². The molecule has 0 spiro atoms. The first-order valence-corrected chi connectivity index (χ1v) is 38.8. The lowest BCUT2D eigenvalue weighted by Gasteiger charge is -2.20. The molecule has 0 saturated carbocycles. The van der Waals surface area contributed by atoms with Gasteiger partial charge in [0, 0.05) is 132 Å². The van der Waals surface area contributed by atoms with E-state index in [-0.39, 0.29) is 96.5 Å². The van der Waals surface area contributed by atoms with E-state index in [1.165, 1.54) is 0 Å². The van der Waals surface area contributed by atoms with Crippen LogP contribution in [0.25, 0.3) is 67.2 Å². The van der Waals surface area contributed by atoms with E-state index in [0.29, 0.717) is 49.4 Å². The average molecular weight is 1720 g/mol. The summed E-state index contributed by atoms with van der Waals surface area (Å²) in [5.74, 6) is -14.8. The van der Waals surface area contributed by atoms with Crippen molar-refractivity contribution in [1.29, 1.82) is 0 Å². The maximum atomic E-state index is 13.0. The molecule has 0 bridgehead atoms. The number of hydrogen-bond acceptors (Lipinski definition) is 22. The second-order valence-corrected chi connectivity index (χ2v) is 29.0. The van der Waals surface area contributed by atoms with Gasteiger partial charge in [0.1, 0.15) is 34.4 Å². The van der Waals surface area contributed by atoms with Gasteiger partial charge in [0.15, 0.2) is 17.3 Å². The monoisotopic (exact) mass is 1720 g/mol. The van der Waals surface area contributed by atoms with Crippen molar-refractivity contribution in [3.05, 3.63) is 196 Å². The Morgan fingerprint density at radius 1 is 0.355 bits per heavy atom. The van der Waals surface area contributed by atoms with Gasteiger partial charge in [0.25, 0.3) is 6.47 Å². The minimum Gasteiger partial charge on any atom is -0.481 e. The SMILES string of the molecule is NC(=O)[C@H](CC(=O)O)CC(=O)[C@H](CC(=O)O)NC(=O)CCc1cc(-c2ccc(-c3cccc(Cl)c3)cc2)no1.NC(=O)[C@H](CCC(=O)O)CC(=O)[C@H](CC(=O)O)NC(=O)CCc1cc(-c2ccc(-c3cccc(Cl)c3)cc2)no1.NC(=O)[C@H](CCC(=O)O)CC(=O)[C@H](CCCOC=O)NC(=O)CCc1cc(-c2ccc(-c3cccc(Cl)c3)cc2)no1. The molecular formula is C85H86Cl3N9O24. The van der Waals surface area contributed by atoms with Crippen LogP contribution in [0.4, 0.5) is 0 Å². The van der Waals surface area contributed by atoms with E-state index in [0.717, 1.165) is 50.1 Å². The van der Waals surface area contributed by atoms with Gasteiger partial charge in [-0.25, -0.2) is 0 Å². The van der Waals surface area contributed by atoms with Crippen LogP contribution in [0, 0.1) is 17.8 Å². The first-order chi connectivity index (χ1) is 57.7. The Kier molecular flexibility index (Phi) is 37.3. The van der Waals surface area contributed by atoms with E-state index in [1.807, 2.05) is 133 Å². The third kappa shape index (κ3) is 32.7. The maximum Gasteiger partial charge on any atom is 0.305 e. The molecule has 121 heavy (non-hydrogen) atoms. The van der Waals surface area contributed by atoms with E-state index in [2.05, 4.69) is 36.2 Å². The van der Waals surface area contributed by atoms with Crippen molar-refractivity contribution in [3.8, 4) is 67.2 Å². The number of ketones is 3. The molecule has 6 amide bonds. The predicted molar refractivity (Wildman–Crippen MR) is 437 cm³/mol. The number of carboxylic acids is 5. The number of nitrogens with one attached hydrogen (secondary N) is 3. The Hall–Kier alpha value is -13.5. The number of benzene rings is 6. The lowest BCUT2D eigenvalue weighted by Crippen LogP contribution is -2.44. The van der Waals surface area contributed by atoms with Crippen LogP contribution < -0.4 is 33.2 Å². The summed E-state index contributed by atoms with van der Waals surface area (Å²) in [5.41, 5.74) is 25.8. The average Bonchev–Trinajstić information content (AvgIpc) is 1.58. The second-order valence-electron chi connectivity index (χ2n) is 27.7. The van der Waals surface area contributed by atoms with Crippen molar-refractivity contribution in [2.75, 3.05) is 6.61 Å². The fourth-order valence-electron chi connectivity index (χ4n) is 12.2. The van der Waals surface area contributed by atoms with Crippen molar-refractivity contribution in [1.82, 2.24) is 31.4 Å². The minimum atomic E-state index is -1.45. The number of carbonyl (C=O) groups excluding carboxylic acids is 10. The number of hydrogen-bond donors (Lipinski definition) is 11. The lowest BCUT2D eigenvalue weighted by atomic mass is 9.92. The van der Waals surface area contributed by atoms with E-state index in [9.17, 15) is 77.0 Å². The highest BCUT2D eigenvalue weighted by Crippen LogP contribution is 2.31.